The third kappa shape index (κ3) is 7.13. The fourth-order valence-electron chi connectivity index (χ4n) is 4.48. The van der Waals surface area contributed by atoms with Crippen molar-refractivity contribution in [3.8, 4) is 5.75 Å². The van der Waals surface area contributed by atoms with E-state index in [-0.39, 0.29) is 18.5 Å². The molecule has 10 heteroatoms. The molecule has 36 heavy (non-hydrogen) atoms. The van der Waals surface area contributed by atoms with Crippen molar-refractivity contribution in [1.29, 1.82) is 0 Å². The average molecular weight is 536 g/mol. The number of nitrogens with zero attached hydrogens (tertiary/aromatic N) is 2. The van der Waals surface area contributed by atoms with Gasteiger partial charge in [0, 0.05) is 23.7 Å². The predicted octanol–water partition coefficient (Wildman–Crippen LogP) is 3.98. The van der Waals surface area contributed by atoms with Crippen LogP contribution in [0.5, 0.6) is 5.75 Å². The Morgan fingerprint density at radius 2 is 1.83 bits per heavy atom. The third-order valence-electron chi connectivity index (χ3n) is 6.41. The van der Waals surface area contributed by atoms with Crippen LogP contribution in [0.25, 0.3) is 0 Å². The molecule has 0 radical (unpaired) electrons. The maximum Gasteiger partial charge on any atom is 0.244 e. The lowest BCUT2D eigenvalue weighted by Crippen LogP contribution is -2.53. The summed E-state index contributed by atoms with van der Waals surface area (Å²) in [6.07, 6.45) is 5.37. The zero-order valence-electron chi connectivity index (χ0n) is 20.9. The Hall–Kier alpha value is -2.78. The standard InChI is InChI=1S/C26H34ClN3O5S/c1-4-24(26(32)28-20-11-6-7-12-20)29(17-19-10-5-8-15-23(19)27)25(31)18-30(36(3,33)34)21-13-9-14-22(16-21)35-2/h5,8-10,13-16,20,24H,4,6-7,11-12,17-18H2,1-3H3,(H,28,32). The lowest BCUT2D eigenvalue weighted by molar-refractivity contribution is -0.140. The van der Waals surface area contributed by atoms with Crippen molar-refractivity contribution >= 4 is 39.1 Å². The number of ether oxygens (including phenoxy) is 1. The van der Waals surface area contributed by atoms with Crippen molar-refractivity contribution < 1.29 is 22.7 Å². The second-order valence-corrected chi connectivity index (χ2v) is 11.3. The Kier molecular flexibility index (Phi) is 9.62. The van der Waals surface area contributed by atoms with Gasteiger partial charge in [-0.15, -0.1) is 0 Å². The lowest BCUT2D eigenvalue weighted by atomic mass is 10.1. The number of anilines is 1. The molecule has 8 nitrogen and oxygen atoms in total. The van der Waals surface area contributed by atoms with Gasteiger partial charge in [-0.3, -0.25) is 13.9 Å². The molecule has 0 saturated heterocycles. The summed E-state index contributed by atoms with van der Waals surface area (Å²) >= 11 is 6.39. The predicted molar refractivity (Wildman–Crippen MR) is 142 cm³/mol. The fraction of sp³-hybridized carbons (Fsp3) is 0.462. The molecular formula is C26H34ClN3O5S. The second-order valence-electron chi connectivity index (χ2n) is 9.00. The molecule has 0 spiro atoms. The van der Waals surface area contributed by atoms with E-state index >= 15 is 0 Å². The van der Waals surface area contributed by atoms with Crippen molar-refractivity contribution in [2.24, 2.45) is 0 Å². The highest BCUT2D eigenvalue weighted by atomic mass is 35.5. The maximum absolute atomic E-state index is 13.8. The van der Waals surface area contributed by atoms with Crippen LogP contribution in [-0.2, 0) is 26.2 Å². The van der Waals surface area contributed by atoms with Gasteiger partial charge in [0.15, 0.2) is 0 Å². The van der Waals surface area contributed by atoms with Gasteiger partial charge in [-0.1, -0.05) is 55.6 Å². The van der Waals surface area contributed by atoms with Crippen molar-refractivity contribution in [3.05, 3.63) is 59.1 Å². The van der Waals surface area contributed by atoms with Crippen LogP contribution in [-0.4, -0.2) is 57.1 Å². The molecule has 2 aromatic rings. The Morgan fingerprint density at radius 3 is 2.44 bits per heavy atom. The van der Waals surface area contributed by atoms with E-state index in [0.717, 1.165) is 36.2 Å². The van der Waals surface area contributed by atoms with Crippen molar-refractivity contribution in [3.63, 3.8) is 0 Å². The first-order valence-electron chi connectivity index (χ1n) is 12.1. The first-order chi connectivity index (χ1) is 17.1. The SMILES string of the molecule is CCC(C(=O)NC1CCCC1)N(Cc1ccccc1Cl)C(=O)CN(c1cccc(OC)c1)S(C)(=O)=O. The number of rotatable bonds is 11. The molecule has 1 atom stereocenters. The molecule has 3 rings (SSSR count). The zero-order chi connectivity index (χ0) is 26.3. The number of methoxy groups -OCH3 is 1. The Bertz CT molecular complexity index is 1170. The molecule has 0 heterocycles. The minimum atomic E-state index is -3.82. The summed E-state index contributed by atoms with van der Waals surface area (Å²) in [5.41, 5.74) is 0.971. The smallest absolute Gasteiger partial charge is 0.244 e. The Labute approximate surface area is 218 Å². The zero-order valence-corrected chi connectivity index (χ0v) is 22.5. The summed E-state index contributed by atoms with van der Waals surface area (Å²) in [4.78, 5) is 28.5. The van der Waals surface area contributed by atoms with E-state index in [1.54, 1.807) is 42.5 Å². The first kappa shape index (κ1) is 27.8. The fourth-order valence-corrected chi connectivity index (χ4v) is 5.51. The van der Waals surface area contributed by atoms with Gasteiger partial charge in [0.2, 0.25) is 21.8 Å². The van der Waals surface area contributed by atoms with Gasteiger partial charge in [-0.2, -0.15) is 0 Å². The molecule has 1 saturated carbocycles. The van der Waals surface area contributed by atoms with E-state index in [0.29, 0.717) is 28.4 Å². The molecule has 1 aliphatic rings. The summed E-state index contributed by atoms with van der Waals surface area (Å²) in [6.45, 7) is 1.44. The second kappa shape index (κ2) is 12.5. The maximum atomic E-state index is 13.8. The number of sulfonamides is 1. The molecule has 196 valence electrons. The van der Waals surface area contributed by atoms with Gasteiger partial charge in [0.25, 0.3) is 0 Å². The van der Waals surface area contributed by atoms with Crippen molar-refractivity contribution in [2.45, 2.75) is 57.7 Å². The van der Waals surface area contributed by atoms with Gasteiger partial charge in [0.1, 0.15) is 18.3 Å². The van der Waals surface area contributed by atoms with Crippen LogP contribution < -0.4 is 14.4 Å². The molecule has 1 unspecified atom stereocenters. The number of nitrogens with one attached hydrogen (secondary N) is 1. The van der Waals surface area contributed by atoms with Crippen molar-refractivity contribution in [2.75, 3.05) is 24.2 Å². The summed E-state index contributed by atoms with van der Waals surface area (Å²) in [6, 6.07) is 12.9. The number of benzene rings is 2. The highest BCUT2D eigenvalue weighted by Crippen LogP contribution is 2.25. The molecule has 0 aromatic heterocycles. The molecule has 1 aliphatic carbocycles. The van der Waals surface area contributed by atoms with Crippen LogP contribution in [0.15, 0.2) is 48.5 Å². The van der Waals surface area contributed by atoms with E-state index in [2.05, 4.69) is 5.32 Å². The number of hydrogen-bond donors (Lipinski definition) is 1. The quantitative estimate of drug-likeness (QED) is 0.469. The van der Waals surface area contributed by atoms with Gasteiger partial charge >= 0.3 is 0 Å². The summed E-state index contributed by atoms with van der Waals surface area (Å²) < 4.78 is 31.7. The summed E-state index contributed by atoms with van der Waals surface area (Å²) in [7, 11) is -2.34. The first-order valence-corrected chi connectivity index (χ1v) is 14.3. The molecular weight excluding hydrogens is 502 g/mol. The monoisotopic (exact) mass is 535 g/mol. The number of hydrogen-bond acceptors (Lipinski definition) is 5. The molecule has 1 N–H and O–H groups in total. The summed E-state index contributed by atoms with van der Waals surface area (Å²) in [5, 5.41) is 3.55. The molecule has 1 fully saturated rings. The summed E-state index contributed by atoms with van der Waals surface area (Å²) in [5.74, 6) is -0.280. The third-order valence-corrected chi connectivity index (χ3v) is 7.92. The van der Waals surface area contributed by atoms with E-state index < -0.39 is 28.5 Å². The van der Waals surface area contributed by atoms with Crippen molar-refractivity contribution in [1.82, 2.24) is 10.2 Å². The number of carbonyl (C=O) groups excluding carboxylic acids is 2. The van der Waals surface area contributed by atoms with Crippen LogP contribution in [0.3, 0.4) is 0 Å². The number of carbonyl (C=O) groups is 2. The van der Waals surface area contributed by atoms with Crippen LogP contribution >= 0.6 is 11.6 Å². The molecule has 2 aromatic carbocycles. The topological polar surface area (TPSA) is 96.0 Å². The minimum absolute atomic E-state index is 0.0742. The number of amides is 2. The Balaban J connectivity index is 1.94. The van der Waals surface area contributed by atoms with E-state index in [9.17, 15) is 18.0 Å². The molecule has 0 aliphatic heterocycles. The minimum Gasteiger partial charge on any atom is -0.497 e. The molecule has 0 bridgehead atoms. The van der Waals surface area contributed by atoms with Crippen LogP contribution in [0.1, 0.15) is 44.6 Å². The largest absolute Gasteiger partial charge is 0.497 e. The number of halogens is 1. The lowest BCUT2D eigenvalue weighted by Gasteiger charge is -2.33. The highest BCUT2D eigenvalue weighted by Gasteiger charge is 2.33. The average Bonchev–Trinajstić information content (AvgIpc) is 3.35. The van der Waals surface area contributed by atoms with Crippen LogP contribution in [0.2, 0.25) is 5.02 Å². The van der Waals surface area contributed by atoms with E-state index in [4.69, 9.17) is 16.3 Å². The van der Waals surface area contributed by atoms with Crippen LogP contribution in [0, 0.1) is 0 Å². The van der Waals surface area contributed by atoms with E-state index in [1.165, 1.54) is 12.0 Å². The van der Waals surface area contributed by atoms with Gasteiger partial charge in [-0.25, -0.2) is 8.42 Å². The van der Waals surface area contributed by atoms with Gasteiger partial charge in [0.05, 0.1) is 19.1 Å². The highest BCUT2D eigenvalue weighted by molar-refractivity contribution is 7.92. The van der Waals surface area contributed by atoms with Crippen LogP contribution in [0.4, 0.5) is 5.69 Å². The van der Waals surface area contributed by atoms with Gasteiger partial charge in [-0.05, 0) is 43.0 Å². The molecule has 2 amide bonds. The van der Waals surface area contributed by atoms with Gasteiger partial charge < -0.3 is 15.0 Å². The van der Waals surface area contributed by atoms with E-state index in [1.807, 2.05) is 13.0 Å². The Morgan fingerprint density at radius 1 is 1.14 bits per heavy atom. The normalized spacial score (nSPS) is 14.8.